The molecule has 2 unspecified atom stereocenters. The molecule has 5 heteroatoms. The zero-order valence-electron chi connectivity index (χ0n) is 12.3. The lowest BCUT2D eigenvalue weighted by Crippen LogP contribution is -2.53. The molecule has 2 N–H and O–H groups in total. The summed E-state index contributed by atoms with van der Waals surface area (Å²) in [6.07, 6.45) is 0.684. The Labute approximate surface area is 114 Å². The van der Waals surface area contributed by atoms with Gasteiger partial charge >= 0.3 is 0 Å². The Morgan fingerprint density at radius 2 is 2.16 bits per heavy atom. The Morgan fingerprint density at radius 3 is 2.74 bits per heavy atom. The van der Waals surface area contributed by atoms with Crippen molar-refractivity contribution < 1.29 is 0 Å². The van der Waals surface area contributed by atoms with Crippen molar-refractivity contribution in [1.82, 2.24) is 20.2 Å². The molecule has 0 aliphatic carbocycles. The van der Waals surface area contributed by atoms with Gasteiger partial charge in [-0.25, -0.2) is 0 Å². The van der Waals surface area contributed by atoms with Gasteiger partial charge in [0.1, 0.15) is 5.69 Å². The van der Waals surface area contributed by atoms with E-state index in [1.54, 1.807) is 0 Å². The molecule has 0 bridgehead atoms. The summed E-state index contributed by atoms with van der Waals surface area (Å²) in [6, 6.07) is 0.420. The fraction of sp³-hybridized carbons (Fsp3) is 0.714. The molecular formula is C14H24N4O. The van der Waals surface area contributed by atoms with E-state index >= 15 is 0 Å². The first-order chi connectivity index (χ1) is 9.06. The van der Waals surface area contributed by atoms with Gasteiger partial charge in [-0.15, -0.1) is 0 Å². The molecule has 19 heavy (non-hydrogen) atoms. The monoisotopic (exact) mass is 264 g/mol. The van der Waals surface area contributed by atoms with Crippen molar-refractivity contribution in [2.45, 2.75) is 46.2 Å². The highest BCUT2D eigenvalue weighted by Crippen LogP contribution is 2.14. The van der Waals surface area contributed by atoms with Crippen LogP contribution in [0.5, 0.6) is 0 Å². The summed E-state index contributed by atoms with van der Waals surface area (Å²) in [5.41, 5.74) is 2.65. The molecule has 1 aromatic rings. The molecule has 0 aromatic carbocycles. The average Bonchev–Trinajstić information content (AvgIpc) is 2.44. The first-order valence-electron chi connectivity index (χ1n) is 7.09. The fourth-order valence-corrected chi connectivity index (χ4v) is 2.71. The highest BCUT2D eigenvalue weighted by molar-refractivity contribution is 5.15. The van der Waals surface area contributed by atoms with Gasteiger partial charge in [-0.1, -0.05) is 6.92 Å². The van der Waals surface area contributed by atoms with E-state index in [9.17, 15) is 4.79 Å². The van der Waals surface area contributed by atoms with Gasteiger partial charge in [-0.2, -0.15) is 0 Å². The summed E-state index contributed by atoms with van der Waals surface area (Å²) in [5, 5.41) is 6.86. The zero-order valence-corrected chi connectivity index (χ0v) is 12.3. The molecular weight excluding hydrogens is 240 g/mol. The highest BCUT2D eigenvalue weighted by atomic mass is 16.1. The molecule has 1 saturated heterocycles. The van der Waals surface area contributed by atoms with Crippen LogP contribution in [0.25, 0.3) is 0 Å². The number of aryl methyl sites for hydroxylation is 2. The lowest BCUT2D eigenvalue weighted by molar-refractivity contribution is 0.313. The van der Waals surface area contributed by atoms with Gasteiger partial charge < -0.3 is 15.2 Å². The average molecular weight is 264 g/mol. The summed E-state index contributed by atoms with van der Waals surface area (Å²) in [5.74, 6) is 0. The van der Waals surface area contributed by atoms with Crippen LogP contribution in [0.4, 0.5) is 0 Å². The number of piperazine rings is 1. The maximum atomic E-state index is 12.5. The van der Waals surface area contributed by atoms with Gasteiger partial charge in [0.05, 0.1) is 11.7 Å². The van der Waals surface area contributed by atoms with E-state index in [1.807, 2.05) is 25.3 Å². The molecule has 106 valence electrons. The van der Waals surface area contributed by atoms with Crippen LogP contribution in [0.2, 0.25) is 0 Å². The van der Waals surface area contributed by atoms with Crippen LogP contribution in [0.15, 0.2) is 4.79 Å². The third kappa shape index (κ3) is 2.72. The van der Waals surface area contributed by atoms with Crippen LogP contribution in [0, 0.1) is 13.8 Å². The molecule has 1 fully saturated rings. The van der Waals surface area contributed by atoms with Crippen molar-refractivity contribution in [3.63, 3.8) is 0 Å². The minimum Gasteiger partial charge on any atom is -0.314 e. The van der Waals surface area contributed by atoms with E-state index in [0.717, 1.165) is 31.0 Å². The molecule has 0 radical (unpaired) electrons. The van der Waals surface area contributed by atoms with Crippen molar-refractivity contribution in [1.29, 1.82) is 0 Å². The van der Waals surface area contributed by atoms with Gasteiger partial charge in [0.25, 0.3) is 5.56 Å². The number of hydrogen-bond acceptors (Lipinski definition) is 4. The Hall–Kier alpha value is -1.20. The minimum atomic E-state index is 0.0606. The highest BCUT2D eigenvalue weighted by Gasteiger charge is 2.24. The van der Waals surface area contributed by atoms with Gasteiger partial charge in [-0.05, 0) is 27.2 Å². The van der Waals surface area contributed by atoms with E-state index in [4.69, 9.17) is 0 Å². The first-order valence-corrected chi connectivity index (χ1v) is 7.09. The first kappa shape index (κ1) is 14.2. The van der Waals surface area contributed by atoms with E-state index < -0.39 is 0 Å². The Kier molecular flexibility index (Phi) is 4.37. The molecule has 1 aromatic heterocycles. The molecule has 2 rings (SSSR count). The zero-order chi connectivity index (χ0) is 14.0. The van der Waals surface area contributed by atoms with Crippen molar-refractivity contribution in [2.75, 3.05) is 19.6 Å². The minimum absolute atomic E-state index is 0.0606. The Balaban J connectivity index is 2.42. The maximum Gasteiger partial charge on any atom is 0.272 e. The van der Waals surface area contributed by atoms with Crippen molar-refractivity contribution in [3.05, 3.63) is 27.4 Å². The molecule has 5 nitrogen and oxygen atoms in total. The molecule has 1 aliphatic heterocycles. The smallest absolute Gasteiger partial charge is 0.272 e. The van der Waals surface area contributed by atoms with Crippen LogP contribution in [0.3, 0.4) is 0 Å². The predicted molar refractivity (Wildman–Crippen MR) is 76.7 cm³/mol. The van der Waals surface area contributed by atoms with Gasteiger partial charge in [-0.3, -0.25) is 9.78 Å². The van der Waals surface area contributed by atoms with Gasteiger partial charge in [0, 0.05) is 31.4 Å². The van der Waals surface area contributed by atoms with Crippen molar-refractivity contribution >= 4 is 0 Å². The number of nitrogens with one attached hydrogen (secondary N) is 2. The van der Waals surface area contributed by atoms with E-state index in [2.05, 4.69) is 22.5 Å². The normalized spacial score (nSPS) is 21.4. The van der Waals surface area contributed by atoms with E-state index in [0.29, 0.717) is 12.1 Å². The lowest BCUT2D eigenvalue weighted by Gasteiger charge is -2.32. The second-order valence-electron chi connectivity index (χ2n) is 5.26. The number of aromatic nitrogens is 2. The Bertz CT molecular complexity index is 503. The van der Waals surface area contributed by atoms with Crippen LogP contribution in [0.1, 0.15) is 37.0 Å². The topological polar surface area (TPSA) is 59.0 Å². The Morgan fingerprint density at radius 1 is 1.42 bits per heavy atom. The van der Waals surface area contributed by atoms with Crippen LogP contribution < -0.4 is 16.2 Å². The number of nitrogens with zero attached hydrogens (tertiary/aromatic N) is 2. The molecule has 0 amide bonds. The van der Waals surface area contributed by atoms with Crippen LogP contribution >= 0.6 is 0 Å². The summed E-state index contributed by atoms with van der Waals surface area (Å²) in [4.78, 5) is 16.9. The summed E-state index contributed by atoms with van der Waals surface area (Å²) in [7, 11) is 0. The molecule has 0 spiro atoms. The lowest BCUT2D eigenvalue weighted by atomic mass is 10.1. The van der Waals surface area contributed by atoms with Gasteiger partial charge in [0.2, 0.25) is 0 Å². The summed E-state index contributed by atoms with van der Waals surface area (Å²) < 4.78 is 1.91. The number of hydrogen-bond donors (Lipinski definition) is 2. The largest absolute Gasteiger partial charge is 0.314 e. The molecule has 1 aliphatic rings. The third-order valence-electron chi connectivity index (χ3n) is 4.05. The van der Waals surface area contributed by atoms with E-state index in [1.165, 1.54) is 0 Å². The third-order valence-corrected chi connectivity index (χ3v) is 4.05. The van der Waals surface area contributed by atoms with E-state index in [-0.39, 0.29) is 17.6 Å². The second kappa shape index (κ2) is 5.84. The second-order valence-corrected chi connectivity index (χ2v) is 5.26. The summed E-state index contributed by atoms with van der Waals surface area (Å²) >= 11 is 0. The molecule has 2 heterocycles. The fourth-order valence-electron chi connectivity index (χ4n) is 2.71. The summed E-state index contributed by atoms with van der Waals surface area (Å²) in [6.45, 7) is 10.9. The quantitative estimate of drug-likeness (QED) is 0.837. The van der Waals surface area contributed by atoms with Crippen LogP contribution in [-0.4, -0.2) is 35.2 Å². The predicted octanol–water partition coefficient (Wildman–Crippen LogP) is 0.545. The molecule has 2 atom stereocenters. The maximum absolute atomic E-state index is 12.5. The molecule has 0 saturated carbocycles. The van der Waals surface area contributed by atoms with Crippen LogP contribution in [-0.2, 0) is 6.42 Å². The standard InChI is InChI=1S/C14H24N4O/c1-5-12-14(19)18(10(3)9(2)17-12)11(4)13-8-15-6-7-16-13/h11,13,15-16H,5-8H2,1-4H3. The van der Waals surface area contributed by atoms with Crippen molar-refractivity contribution in [2.24, 2.45) is 0 Å². The SMILES string of the molecule is CCc1nc(C)c(C)n(C(C)C2CNCCN2)c1=O. The van der Waals surface area contributed by atoms with Gasteiger partial charge in [0.15, 0.2) is 0 Å². The van der Waals surface area contributed by atoms with Crippen molar-refractivity contribution in [3.8, 4) is 0 Å². The number of rotatable bonds is 3.